The van der Waals surface area contributed by atoms with Crippen LogP contribution in [0.2, 0.25) is 0 Å². The van der Waals surface area contributed by atoms with Crippen LogP contribution in [0.25, 0.3) is 0 Å². The summed E-state index contributed by atoms with van der Waals surface area (Å²) in [5.41, 5.74) is 6.24. The summed E-state index contributed by atoms with van der Waals surface area (Å²) in [4.78, 5) is 48.1. The van der Waals surface area contributed by atoms with Crippen LogP contribution < -0.4 is 0 Å². The zero-order chi connectivity index (χ0) is 37.8. The molecule has 0 spiro atoms. The van der Waals surface area contributed by atoms with Crippen LogP contribution in [0.3, 0.4) is 0 Å². The molecule has 0 heterocycles. The molecule has 264 valence electrons. The molecule has 0 aromatic rings. The van der Waals surface area contributed by atoms with Crippen molar-refractivity contribution in [3.05, 3.63) is 153 Å². The van der Waals surface area contributed by atoms with Crippen molar-refractivity contribution in [1.29, 1.82) is 0 Å². The minimum Gasteiger partial charge on any atom is -0.423 e. The molecular formula is C44H52O6. The van der Waals surface area contributed by atoms with E-state index in [-0.39, 0.29) is 23.1 Å². The van der Waals surface area contributed by atoms with Crippen molar-refractivity contribution >= 4 is 23.5 Å². The molecule has 0 saturated carbocycles. The second-order valence-corrected chi connectivity index (χ2v) is 13.8. The van der Waals surface area contributed by atoms with Crippen molar-refractivity contribution in [2.24, 2.45) is 10.8 Å². The summed E-state index contributed by atoms with van der Waals surface area (Å²) < 4.78 is 10.3. The quantitative estimate of drug-likeness (QED) is 0.151. The van der Waals surface area contributed by atoms with Crippen molar-refractivity contribution in [3.63, 3.8) is 0 Å². The Hall–Kier alpha value is -5.10. The fraction of sp³-hybridized carbons (Fsp3) is 0.318. The Labute approximate surface area is 298 Å². The van der Waals surface area contributed by atoms with Crippen LogP contribution in [-0.2, 0) is 28.7 Å². The normalized spacial score (nSPS) is 19.5. The third-order valence-corrected chi connectivity index (χ3v) is 8.11. The summed E-state index contributed by atoms with van der Waals surface area (Å²) in [5.74, 6) is -1.37. The minimum absolute atomic E-state index is 0.0868. The first-order valence-electron chi connectivity index (χ1n) is 16.7. The summed E-state index contributed by atoms with van der Waals surface area (Å²) >= 11 is 0. The van der Waals surface area contributed by atoms with Gasteiger partial charge >= 0.3 is 11.9 Å². The smallest absolute Gasteiger partial charge is 0.308 e. The fourth-order valence-corrected chi connectivity index (χ4v) is 5.43. The molecule has 0 radical (unpaired) electrons. The highest BCUT2D eigenvalue weighted by atomic mass is 16.5. The number of carbonyl (C=O) groups is 4. The first-order chi connectivity index (χ1) is 23.2. The maximum Gasteiger partial charge on any atom is 0.308 e. The SMILES string of the molecule is CC(=O)OC1=CC(C)(C)C(/C=C/C(C)=C/C=C/C(C)=C/C=C/C=C(C)/C=C/C=C(C)/C=C/C2=C(C)C(=O)C(OC(C)=O)=CC2(C)C)=C(C)C1=O. The van der Waals surface area contributed by atoms with Crippen LogP contribution in [-0.4, -0.2) is 23.5 Å². The summed E-state index contributed by atoms with van der Waals surface area (Å²) in [7, 11) is 0. The van der Waals surface area contributed by atoms with Crippen molar-refractivity contribution in [3.8, 4) is 0 Å². The standard InChI is InChI=1S/C44H52O6/c1-29(19-15-21-31(3)23-25-37-33(5)41(47)39(49-35(7)45)27-43(37,9)10)17-13-14-18-30(2)20-16-22-32(4)24-26-38-34(6)42(48)40(50-36(8)46)28-44(38,11)12/h13-28H,1-12H3/b14-13+,19-15+,20-16+,25-23+,26-24+,29-17+,30-18+,31-21+,32-22+. The average Bonchev–Trinajstić information content (AvgIpc) is 2.99. The predicted molar refractivity (Wildman–Crippen MR) is 203 cm³/mol. The van der Waals surface area contributed by atoms with Crippen LogP contribution in [0.15, 0.2) is 153 Å². The Morgan fingerprint density at radius 2 is 0.820 bits per heavy atom. The molecule has 0 N–H and O–H groups in total. The van der Waals surface area contributed by atoms with Gasteiger partial charge in [0, 0.05) is 35.8 Å². The van der Waals surface area contributed by atoms with Gasteiger partial charge in [-0.2, -0.15) is 0 Å². The van der Waals surface area contributed by atoms with Crippen LogP contribution in [0.1, 0.15) is 83.1 Å². The van der Waals surface area contributed by atoms with E-state index in [0.29, 0.717) is 11.1 Å². The van der Waals surface area contributed by atoms with Crippen LogP contribution in [0.5, 0.6) is 0 Å². The van der Waals surface area contributed by atoms with E-state index in [1.807, 2.05) is 140 Å². The first kappa shape index (κ1) is 41.1. The van der Waals surface area contributed by atoms with E-state index in [2.05, 4.69) is 0 Å². The summed E-state index contributed by atoms with van der Waals surface area (Å²) in [6, 6.07) is 0. The van der Waals surface area contributed by atoms with E-state index in [4.69, 9.17) is 9.47 Å². The van der Waals surface area contributed by atoms with Gasteiger partial charge in [0.2, 0.25) is 11.6 Å². The Kier molecular flexibility index (Phi) is 14.8. The van der Waals surface area contributed by atoms with E-state index >= 15 is 0 Å². The van der Waals surface area contributed by atoms with Gasteiger partial charge in [0.15, 0.2) is 11.5 Å². The summed E-state index contributed by atoms with van der Waals surface area (Å²) in [6.07, 6.45) is 31.4. The Morgan fingerprint density at radius 1 is 0.520 bits per heavy atom. The maximum atomic E-state index is 12.7. The lowest BCUT2D eigenvalue weighted by molar-refractivity contribution is -0.140. The topological polar surface area (TPSA) is 86.7 Å². The van der Waals surface area contributed by atoms with Crippen molar-refractivity contribution in [2.75, 3.05) is 0 Å². The maximum absolute atomic E-state index is 12.7. The molecule has 2 aliphatic rings. The van der Waals surface area contributed by atoms with Gasteiger partial charge in [-0.3, -0.25) is 19.2 Å². The van der Waals surface area contributed by atoms with Crippen molar-refractivity contribution in [1.82, 2.24) is 0 Å². The number of esters is 2. The first-order valence-corrected chi connectivity index (χ1v) is 16.7. The second kappa shape index (κ2) is 18.1. The third-order valence-electron chi connectivity index (χ3n) is 8.11. The summed E-state index contributed by atoms with van der Waals surface area (Å²) in [6.45, 7) is 22.1. The molecule has 2 rings (SSSR count). The molecule has 0 saturated heterocycles. The largest absolute Gasteiger partial charge is 0.423 e. The molecule has 6 nitrogen and oxygen atoms in total. The molecule has 0 unspecified atom stereocenters. The second-order valence-electron chi connectivity index (χ2n) is 13.8. The van der Waals surface area contributed by atoms with E-state index in [1.54, 1.807) is 26.0 Å². The molecule has 0 aliphatic heterocycles. The van der Waals surface area contributed by atoms with E-state index in [0.717, 1.165) is 33.4 Å². The molecule has 0 aromatic heterocycles. The molecule has 6 heteroatoms. The Bertz CT molecular complexity index is 1680. The number of carbonyl (C=O) groups excluding carboxylic acids is 4. The van der Waals surface area contributed by atoms with Crippen LogP contribution >= 0.6 is 0 Å². The van der Waals surface area contributed by atoms with Gasteiger partial charge in [0.05, 0.1) is 0 Å². The number of hydrogen-bond acceptors (Lipinski definition) is 6. The molecule has 0 fully saturated rings. The van der Waals surface area contributed by atoms with E-state index < -0.39 is 22.8 Å². The lowest BCUT2D eigenvalue weighted by Gasteiger charge is -2.29. The van der Waals surface area contributed by atoms with Gasteiger partial charge in [-0.1, -0.05) is 135 Å². The molecule has 0 aromatic carbocycles. The van der Waals surface area contributed by atoms with Crippen molar-refractivity contribution < 1.29 is 28.7 Å². The molecule has 2 aliphatic carbocycles. The van der Waals surface area contributed by atoms with Gasteiger partial charge in [-0.15, -0.1) is 0 Å². The molecule has 0 amide bonds. The number of ether oxygens (including phenoxy) is 2. The summed E-state index contributed by atoms with van der Waals surface area (Å²) in [5, 5.41) is 0. The number of allylic oxidation sites excluding steroid dienone is 24. The van der Waals surface area contributed by atoms with Gasteiger partial charge in [-0.25, -0.2) is 0 Å². The zero-order valence-corrected chi connectivity index (χ0v) is 31.7. The average molecular weight is 677 g/mol. The van der Waals surface area contributed by atoms with E-state index in [1.165, 1.54) is 13.8 Å². The Balaban J connectivity index is 1.98. The van der Waals surface area contributed by atoms with Crippen LogP contribution in [0, 0.1) is 10.8 Å². The Morgan fingerprint density at radius 3 is 1.14 bits per heavy atom. The van der Waals surface area contributed by atoms with Gasteiger partial charge in [0.25, 0.3) is 0 Å². The fourth-order valence-electron chi connectivity index (χ4n) is 5.43. The predicted octanol–water partition coefficient (Wildman–Crippen LogP) is 10.3. The number of rotatable bonds is 12. The van der Waals surface area contributed by atoms with Gasteiger partial charge in [0.1, 0.15) is 0 Å². The molecule has 0 bridgehead atoms. The highest BCUT2D eigenvalue weighted by molar-refractivity contribution is 6.10. The molecule has 50 heavy (non-hydrogen) atoms. The number of ketones is 2. The molecular weight excluding hydrogens is 624 g/mol. The highest BCUT2D eigenvalue weighted by Crippen LogP contribution is 2.39. The van der Waals surface area contributed by atoms with Gasteiger partial charge in [-0.05, 0) is 64.8 Å². The van der Waals surface area contributed by atoms with Gasteiger partial charge < -0.3 is 9.47 Å². The monoisotopic (exact) mass is 676 g/mol. The lowest BCUT2D eigenvalue weighted by atomic mass is 9.76. The highest BCUT2D eigenvalue weighted by Gasteiger charge is 2.34. The third kappa shape index (κ3) is 12.4. The van der Waals surface area contributed by atoms with Crippen molar-refractivity contribution in [2.45, 2.75) is 83.1 Å². The van der Waals surface area contributed by atoms with E-state index in [9.17, 15) is 19.2 Å². The number of Topliss-reactive ketones (excluding diaryl/α,β-unsaturated/α-hetero) is 2. The molecule has 0 atom stereocenters. The lowest BCUT2D eigenvalue weighted by Crippen LogP contribution is -2.25. The van der Waals surface area contributed by atoms with Crippen LogP contribution in [0.4, 0.5) is 0 Å². The number of hydrogen-bond donors (Lipinski definition) is 0. The zero-order valence-electron chi connectivity index (χ0n) is 31.7. The minimum atomic E-state index is -0.506.